The number of benzene rings is 2. The van der Waals surface area contributed by atoms with Crippen LogP contribution in [0.3, 0.4) is 0 Å². The molecule has 0 aliphatic carbocycles. The van der Waals surface area contributed by atoms with Gasteiger partial charge in [0.2, 0.25) is 5.91 Å². The van der Waals surface area contributed by atoms with Crippen LogP contribution in [0.5, 0.6) is 0 Å². The Morgan fingerprint density at radius 1 is 1.09 bits per heavy atom. The van der Waals surface area contributed by atoms with E-state index in [1.165, 1.54) is 28.0 Å². The molecule has 1 aliphatic rings. The number of carbonyl (C=O) groups is 2. The van der Waals surface area contributed by atoms with E-state index in [0.29, 0.717) is 14.4 Å². The van der Waals surface area contributed by atoms with Crippen LogP contribution < -0.4 is 5.32 Å². The van der Waals surface area contributed by atoms with Crippen molar-refractivity contribution >= 4 is 62.7 Å². The molecule has 4 rings (SSSR count). The second-order valence-corrected chi connectivity index (χ2v) is 9.36. The normalized spacial score (nSPS) is 15.1. The summed E-state index contributed by atoms with van der Waals surface area (Å²) in [6.45, 7) is 0.229. The first-order valence-corrected chi connectivity index (χ1v) is 12.0. The molecule has 1 fully saturated rings. The van der Waals surface area contributed by atoms with E-state index in [4.69, 9.17) is 12.2 Å². The third-order valence-corrected chi connectivity index (χ3v) is 6.75. The van der Waals surface area contributed by atoms with Gasteiger partial charge in [0.25, 0.3) is 5.91 Å². The number of amides is 2. The van der Waals surface area contributed by atoms with Gasteiger partial charge < -0.3 is 5.32 Å². The maximum atomic E-state index is 12.7. The Labute approximate surface area is 199 Å². The van der Waals surface area contributed by atoms with Crippen LogP contribution in [-0.2, 0) is 9.59 Å². The Hall–Kier alpha value is -3.07. The summed E-state index contributed by atoms with van der Waals surface area (Å²) >= 11 is 7.96. The Bertz CT molecular complexity index is 1190. The largest absolute Gasteiger partial charge is 0.302 e. The lowest BCUT2D eigenvalue weighted by Gasteiger charge is -2.13. The van der Waals surface area contributed by atoms with E-state index in [0.717, 1.165) is 16.8 Å². The van der Waals surface area contributed by atoms with Crippen LogP contribution in [0.15, 0.2) is 83.1 Å². The van der Waals surface area contributed by atoms with E-state index in [2.05, 4.69) is 10.3 Å². The minimum atomic E-state index is -0.207. The summed E-state index contributed by atoms with van der Waals surface area (Å²) in [5.74, 6) is -0.382. The number of thiocarbonyl (C=S) groups is 1. The molecule has 0 spiro atoms. The predicted octanol–water partition coefficient (Wildman–Crippen LogP) is 5.60. The van der Waals surface area contributed by atoms with Crippen molar-refractivity contribution in [2.75, 3.05) is 11.9 Å². The first-order chi connectivity index (χ1) is 15.6. The molecule has 0 unspecified atom stereocenters. The third-order valence-electron chi connectivity index (χ3n) is 4.59. The second kappa shape index (κ2) is 10.5. The Balaban J connectivity index is 1.30. The molecule has 0 radical (unpaired) electrons. The highest BCUT2D eigenvalue weighted by Crippen LogP contribution is 2.31. The lowest BCUT2D eigenvalue weighted by molar-refractivity contribution is -0.122. The van der Waals surface area contributed by atoms with Gasteiger partial charge in [0.1, 0.15) is 4.32 Å². The van der Waals surface area contributed by atoms with Crippen LogP contribution in [0.4, 0.5) is 5.13 Å². The second-order valence-electron chi connectivity index (χ2n) is 6.83. The van der Waals surface area contributed by atoms with Crippen LogP contribution in [0.1, 0.15) is 12.0 Å². The first kappa shape index (κ1) is 22.1. The number of anilines is 1. The summed E-state index contributed by atoms with van der Waals surface area (Å²) in [7, 11) is 0. The number of thioether (sulfide) groups is 1. The molecule has 160 valence electrons. The molecule has 0 saturated carbocycles. The zero-order chi connectivity index (χ0) is 22.3. The van der Waals surface area contributed by atoms with Crippen LogP contribution in [0.25, 0.3) is 17.3 Å². The number of aromatic nitrogens is 1. The molecule has 8 heteroatoms. The van der Waals surface area contributed by atoms with Crippen molar-refractivity contribution in [3.05, 3.63) is 88.7 Å². The van der Waals surface area contributed by atoms with E-state index < -0.39 is 0 Å². The zero-order valence-electron chi connectivity index (χ0n) is 16.9. The number of carbonyl (C=O) groups excluding carboxylic acids is 2. The summed E-state index contributed by atoms with van der Waals surface area (Å²) in [5.41, 5.74) is 2.86. The number of allylic oxidation sites excluding steroid dienone is 2. The molecule has 1 aromatic heterocycles. The SMILES string of the molecule is O=C(CCN1C(=O)/C(=C/C=C/c2ccccc2)SC1=S)Nc1nc(-c2ccccc2)cs1. The third kappa shape index (κ3) is 5.59. The van der Waals surface area contributed by atoms with Crippen LogP contribution in [0, 0.1) is 0 Å². The molecule has 1 saturated heterocycles. The van der Waals surface area contributed by atoms with E-state index in [9.17, 15) is 9.59 Å². The van der Waals surface area contributed by atoms with Gasteiger partial charge in [-0.05, 0) is 11.6 Å². The molecule has 2 amide bonds. The van der Waals surface area contributed by atoms with E-state index in [1.807, 2.05) is 78.2 Å². The van der Waals surface area contributed by atoms with Crippen molar-refractivity contribution in [3.8, 4) is 11.3 Å². The van der Waals surface area contributed by atoms with Crippen molar-refractivity contribution in [1.82, 2.24) is 9.88 Å². The highest BCUT2D eigenvalue weighted by atomic mass is 32.2. The minimum absolute atomic E-state index is 0.139. The fraction of sp³-hybridized carbons (Fsp3) is 0.0833. The van der Waals surface area contributed by atoms with Gasteiger partial charge in [-0.3, -0.25) is 14.5 Å². The summed E-state index contributed by atoms with van der Waals surface area (Å²) in [5, 5.41) is 5.24. The molecular formula is C24H19N3O2S3. The maximum absolute atomic E-state index is 12.7. The van der Waals surface area contributed by atoms with Crippen molar-refractivity contribution in [2.45, 2.75) is 6.42 Å². The molecule has 5 nitrogen and oxygen atoms in total. The lowest BCUT2D eigenvalue weighted by atomic mass is 10.2. The average Bonchev–Trinajstić information content (AvgIpc) is 3.38. The number of nitrogens with zero attached hydrogens (tertiary/aromatic N) is 2. The van der Waals surface area contributed by atoms with Gasteiger partial charge in [0.05, 0.1) is 10.6 Å². The van der Waals surface area contributed by atoms with E-state index in [1.54, 1.807) is 6.08 Å². The van der Waals surface area contributed by atoms with Crippen LogP contribution in [0.2, 0.25) is 0 Å². The number of hydrogen-bond acceptors (Lipinski definition) is 6. The first-order valence-electron chi connectivity index (χ1n) is 9.88. The topological polar surface area (TPSA) is 62.3 Å². The van der Waals surface area contributed by atoms with Gasteiger partial charge in [-0.25, -0.2) is 4.98 Å². The highest BCUT2D eigenvalue weighted by molar-refractivity contribution is 8.26. The van der Waals surface area contributed by atoms with Gasteiger partial charge in [0.15, 0.2) is 5.13 Å². The molecule has 1 aliphatic heterocycles. The highest BCUT2D eigenvalue weighted by Gasteiger charge is 2.31. The Kier molecular flexibility index (Phi) is 7.26. The van der Waals surface area contributed by atoms with Gasteiger partial charge in [-0.2, -0.15) is 0 Å². The summed E-state index contributed by atoms with van der Waals surface area (Å²) in [6, 6.07) is 19.6. The van der Waals surface area contributed by atoms with Gasteiger partial charge in [-0.1, -0.05) is 96.8 Å². The predicted molar refractivity (Wildman–Crippen MR) is 136 cm³/mol. The quantitative estimate of drug-likeness (QED) is 0.355. The summed E-state index contributed by atoms with van der Waals surface area (Å²) in [6.07, 6.45) is 5.66. The van der Waals surface area contributed by atoms with Crippen LogP contribution in [-0.4, -0.2) is 32.6 Å². The van der Waals surface area contributed by atoms with Crippen LogP contribution >= 0.6 is 35.3 Å². The van der Waals surface area contributed by atoms with E-state index in [-0.39, 0.29) is 24.8 Å². The zero-order valence-corrected chi connectivity index (χ0v) is 19.4. The number of hydrogen-bond donors (Lipinski definition) is 1. The Morgan fingerprint density at radius 3 is 2.56 bits per heavy atom. The number of nitrogens with one attached hydrogen (secondary N) is 1. The summed E-state index contributed by atoms with van der Waals surface area (Å²) < 4.78 is 0.461. The molecule has 32 heavy (non-hydrogen) atoms. The number of thiazole rings is 1. The average molecular weight is 478 g/mol. The smallest absolute Gasteiger partial charge is 0.266 e. The number of rotatable bonds is 7. The summed E-state index contributed by atoms with van der Waals surface area (Å²) in [4.78, 5) is 31.5. The van der Waals surface area contributed by atoms with Crippen molar-refractivity contribution in [3.63, 3.8) is 0 Å². The van der Waals surface area contributed by atoms with Crippen molar-refractivity contribution < 1.29 is 9.59 Å². The molecule has 0 atom stereocenters. The molecular weight excluding hydrogens is 458 g/mol. The molecule has 2 heterocycles. The molecule has 0 bridgehead atoms. The van der Waals surface area contributed by atoms with E-state index >= 15 is 0 Å². The Morgan fingerprint density at radius 2 is 1.81 bits per heavy atom. The molecule has 3 aromatic rings. The monoisotopic (exact) mass is 477 g/mol. The lowest BCUT2D eigenvalue weighted by Crippen LogP contribution is -2.31. The van der Waals surface area contributed by atoms with Gasteiger partial charge in [-0.15, -0.1) is 11.3 Å². The fourth-order valence-electron chi connectivity index (χ4n) is 2.99. The van der Waals surface area contributed by atoms with Crippen molar-refractivity contribution in [1.29, 1.82) is 0 Å². The van der Waals surface area contributed by atoms with Gasteiger partial charge >= 0.3 is 0 Å². The maximum Gasteiger partial charge on any atom is 0.266 e. The van der Waals surface area contributed by atoms with Crippen molar-refractivity contribution in [2.24, 2.45) is 0 Å². The minimum Gasteiger partial charge on any atom is -0.302 e. The van der Waals surface area contributed by atoms with Gasteiger partial charge in [0, 0.05) is 23.9 Å². The molecule has 1 N–H and O–H groups in total. The molecule has 2 aromatic carbocycles. The fourth-order valence-corrected chi connectivity index (χ4v) is 4.98. The standard InChI is InChI=1S/C24H19N3O2S3/c28-21(26-23-25-19(16-31-23)18-11-5-2-6-12-18)14-15-27-22(29)20(32-24(27)30)13-7-10-17-8-3-1-4-9-17/h1-13,16H,14-15H2,(H,25,26,28)/b10-7+,20-13-.